The highest BCUT2D eigenvalue weighted by molar-refractivity contribution is 9.10. The third-order valence-electron chi connectivity index (χ3n) is 3.35. The molecule has 3 nitrogen and oxygen atoms in total. The van der Waals surface area contributed by atoms with Gasteiger partial charge in [0.1, 0.15) is 0 Å². The molecule has 1 fully saturated rings. The minimum Gasteiger partial charge on any atom is -0.313 e. The van der Waals surface area contributed by atoms with Gasteiger partial charge in [-0.15, -0.1) is 0 Å². The van der Waals surface area contributed by atoms with Crippen LogP contribution in [0.15, 0.2) is 22.7 Å². The van der Waals surface area contributed by atoms with E-state index in [4.69, 9.17) is 11.6 Å². The molecule has 1 aliphatic heterocycles. The third kappa shape index (κ3) is 3.07. The standard InChI is InChI=1S/C12H15BrClNO2S/c1-15-12(8-4-5-18(16,17)7-8)10-3-2-9(14)6-11(10)13/h2-3,6,8,12,15H,4-5,7H2,1H3. The lowest BCUT2D eigenvalue weighted by molar-refractivity contribution is 0.417. The van der Waals surface area contributed by atoms with Gasteiger partial charge in [0.15, 0.2) is 9.84 Å². The van der Waals surface area contributed by atoms with Crippen molar-refractivity contribution in [1.82, 2.24) is 5.32 Å². The molecule has 0 saturated carbocycles. The van der Waals surface area contributed by atoms with Crippen molar-refractivity contribution in [3.8, 4) is 0 Å². The molecule has 0 aromatic heterocycles. The lowest BCUT2D eigenvalue weighted by Crippen LogP contribution is -2.26. The first-order valence-corrected chi connectivity index (χ1v) is 8.75. The van der Waals surface area contributed by atoms with Crippen LogP contribution in [0.4, 0.5) is 0 Å². The van der Waals surface area contributed by atoms with Crippen molar-refractivity contribution in [3.63, 3.8) is 0 Å². The number of benzene rings is 1. The summed E-state index contributed by atoms with van der Waals surface area (Å²) in [5.74, 6) is 0.673. The van der Waals surface area contributed by atoms with E-state index in [1.54, 1.807) is 0 Å². The summed E-state index contributed by atoms with van der Waals surface area (Å²) in [4.78, 5) is 0. The normalized spacial score (nSPS) is 24.1. The Labute approximate surface area is 121 Å². The van der Waals surface area contributed by atoms with Crippen LogP contribution in [0.5, 0.6) is 0 Å². The zero-order valence-electron chi connectivity index (χ0n) is 9.99. The van der Waals surface area contributed by atoms with Gasteiger partial charge in [-0.05, 0) is 37.1 Å². The molecule has 1 aliphatic rings. The zero-order valence-corrected chi connectivity index (χ0v) is 13.1. The number of hydrogen-bond donors (Lipinski definition) is 1. The van der Waals surface area contributed by atoms with Gasteiger partial charge in [0.2, 0.25) is 0 Å². The van der Waals surface area contributed by atoms with Gasteiger partial charge in [0, 0.05) is 15.5 Å². The van der Waals surface area contributed by atoms with Gasteiger partial charge in [-0.25, -0.2) is 8.42 Å². The lowest BCUT2D eigenvalue weighted by Gasteiger charge is -2.23. The van der Waals surface area contributed by atoms with E-state index in [0.29, 0.717) is 17.2 Å². The van der Waals surface area contributed by atoms with Crippen LogP contribution < -0.4 is 5.32 Å². The average Bonchev–Trinajstić information content (AvgIpc) is 2.63. The van der Waals surface area contributed by atoms with Gasteiger partial charge in [-0.3, -0.25) is 0 Å². The van der Waals surface area contributed by atoms with E-state index in [-0.39, 0.29) is 17.7 Å². The molecule has 0 bridgehead atoms. The van der Waals surface area contributed by atoms with Crippen molar-refractivity contribution < 1.29 is 8.42 Å². The average molecular weight is 353 g/mol. The summed E-state index contributed by atoms with van der Waals surface area (Å²) >= 11 is 9.41. The van der Waals surface area contributed by atoms with E-state index in [1.807, 2.05) is 25.2 Å². The molecule has 0 radical (unpaired) electrons. The molecular formula is C12H15BrClNO2S. The summed E-state index contributed by atoms with van der Waals surface area (Å²) in [7, 11) is -1.00. The van der Waals surface area contributed by atoms with Gasteiger partial charge in [0.25, 0.3) is 0 Å². The molecule has 1 saturated heterocycles. The fraction of sp³-hybridized carbons (Fsp3) is 0.500. The van der Waals surface area contributed by atoms with Crippen molar-refractivity contribution in [1.29, 1.82) is 0 Å². The van der Waals surface area contributed by atoms with Gasteiger partial charge in [-0.2, -0.15) is 0 Å². The first-order chi connectivity index (χ1) is 8.43. The molecule has 2 rings (SSSR count). The second-order valence-corrected chi connectivity index (χ2v) is 8.11. The van der Waals surface area contributed by atoms with E-state index < -0.39 is 9.84 Å². The molecule has 100 valence electrons. The highest BCUT2D eigenvalue weighted by Gasteiger charge is 2.34. The molecule has 0 aliphatic carbocycles. The van der Waals surface area contributed by atoms with Crippen LogP contribution in [0.1, 0.15) is 18.0 Å². The van der Waals surface area contributed by atoms with E-state index in [1.165, 1.54) is 0 Å². The van der Waals surface area contributed by atoms with Crippen LogP contribution >= 0.6 is 27.5 Å². The number of nitrogens with one attached hydrogen (secondary N) is 1. The maximum absolute atomic E-state index is 11.6. The number of sulfone groups is 1. The third-order valence-corrected chi connectivity index (χ3v) is 6.06. The Hall–Kier alpha value is -0.100. The molecule has 1 heterocycles. The van der Waals surface area contributed by atoms with Crippen LogP contribution in [0.2, 0.25) is 5.02 Å². The number of rotatable bonds is 3. The summed E-state index contributed by atoms with van der Waals surface area (Å²) in [6, 6.07) is 5.65. The van der Waals surface area contributed by atoms with Crippen LogP contribution in [0.25, 0.3) is 0 Å². The van der Waals surface area contributed by atoms with Crippen LogP contribution in [-0.2, 0) is 9.84 Å². The maximum atomic E-state index is 11.6. The van der Waals surface area contributed by atoms with Crippen LogP contribution in [-0.4, -0.2) is 27.0 Å². The highest BCUT2D eigenvalue weighted by atomic mass is 79.9. The first kappa shape index (κ1) is 14.3. The molecule has 2 unspecified atom stereocenters. The number of halogens is 2. The Kier molecular flexibility index (Phi) is 4.36. The topological polar surface area (TPSA) is 46.2 Å². The minimum atomic E-state index is -2.86. The maximum Gasteiger partial charge on any atom is 0.150 e. The zero-order chi connectivity index (χ0) is 13.3. The minimum absolute atomic E-state index is 0.0360. The molecule has 1 aromatic rings. The fourth-order valence-corrected chi connectivity index (χ4v) is 5.25. The van der Waals surface area contributed by atoms with Crippen molar-refractivity contribution in [3.05, 3.63) is 33.3 Å². The van der Waals surface area contributed by atoms with Gasteiger partial charge in [-0.1, -0.05) is 33.6 Å². The summed E-state index contributed by atoms with van der Waals surface area (Å²) < 4.78 is 24.1. The molecule has 0 amide bonds. The monoisotopic (exact) mass is 351 g/mol. The summed E-state index contributed by atoms with van der Waals surface area (Å²) in [5.41, 5.74) is 1.06. The summed E-state index contributed by atoms with van der Waals surface area (Å²) in [6.07, 6.45) is 0.711. The SMILES string of the molecule is CNC(c1ccc(Cl)cc1Br)C1CCS(=O)(=O)C1. The van der Waals surface area contributed by atoms with E-state index in [0.717, 1.165) is 10.0 Å². The quantitative estimate of drug-likeness (QED) is 0.910. The van der Waals surface area contributed by atoms with Crippen LogP contribution in [0, 0.1) is 5.92 Å². The predicted molar refractivity (Wildman–Crippen MR) is 77.7 cm³/mol. The number of hydrogen-bond acceptors (Lipinski definition) is 3. The fourth-order valence-electron chi connectivity index (χ4n) is 2.49. The Bertz CT molecular complexity index is 547. The van der Waals surface area contributed by atoms with Crippen molar-refractivity contribution in [2.75, 3.05) is 18.6 Å². The Morgan fingerprint density at radius 3 is 2.72 bits per heavy atom. The van der Waals surface area contributed by atoms with Gasteiger partial charge < -0.3 is 5.32 Å². The molecule has 18 heavy (non-hydrogen) atoms. The second-order valence-electron chi connectivity index (χ2n) is 4.60. The molecule has 2 atom stereocenters. The molecular weight excluding hydrogens is 338 g/mol. The Morgan fingerprint density at radius 1 is 1.50 bits per heavy atom. The van der Waals surface area contributed by atoms with Crippen molar-refractivity contribution in [2.45, 2.75) is 12.5 Å². The first-order valence-electron chi connectivity index (χ1n) is 5.75. The summed E-state index contributed by atoms with van der Waals surface area (Å²) in [5, 5.41) is 3.89. The van der Waals surface area contributed by atoms with Crippen molar-refractivity contribution >= 4 is 37.4 Å². The summed E-state index contributed by atoms with van der Waals surface area (Å²) in [6.45, 7) is 0. The van der Waals surface area contributed by atoms with Gasteiger partial charge >= 0.3 is 0 Å². The Morgan fingerprint density at radius 2 is 2.22 bits per heavy atom. The smallest absolute Gasteiger partial charge is 0.150 e. The molecule has 1 N–H and O–H groups in total. The van der Waals surface area contributed by atoms with E-state index in [9.17, 15) is 8.42 Å². The predicted octanol–water partition coefficient (Wildman–Crippen LogP) is 2.80. The van der Waals surface area contributed by atoms with Crippen molar-refractivity contribution in [2.24, 2.45) is 5.92 Å². The lowest BCUT2D eigenvalue weighted by atomic mass is 9.93. The molecule has 0 spiro atoms. The van der Waals surface area contributed by atoms with E-state index >= 15 is 0 Å². The van der Waals surface area contributed by atoms with E-state index in [2.05, 4.69) is 21.2 Å². The largest absolute Gasteiger partial charge is 0.313 e. The molecule has 6 heteroatoms. The van der Waals surface area contributed by atoms with Gasteiger partial charge in [0.05, 0.1) is 11.5 Å². The van der Waals surface area contributed by atoms with Crippen LogP contribution in [0.3, 0.4) is 0 Å². The second kappa shape index (κ2) is 5.49. The Balaban J connectivity index is 2.29. The highest BCUT2D eigenvalue weighted by Crippen LogP contribution is 2.35. The molecule has 1 aromatic carbocycles.